The van der Waals surface area contributed by atoms with Gasteiger partial charge in [0, 0.05) is 13.1 Å². The molecule has 0 atom stereocenters. The lowest BCUT2D eigenvalue weighted by Gasteiger charge is -2.19. The van der Waals surface area contributed by atoms with Crippen LogP contribution in [0.5, 0.6) is 0 Å². The van der Waals surface area contributed by atoms with Gasteiger partial charge in [0.05, 0.1) is 13.2 Å². The molecule has 0 amide bonds. The standard InChI is InChI=1S/C10H23NO2S/c12-8-6-11(7-9-13)5-3-1-2-4-10-14/h12-14H,1-10H2. The molecule has 86 valence electrons. The molecule has 0 aromatic rings. The van der Waals surface area contributed by atoms with Crippen LogP contribution in [0.1, 0.15) is 25.7 Å². The van der Waals surface area contributed by atoms with E-state index in [0.717, 1.165) is 18.7 Å². The number of rotatable bonds is 10. The molecule has 0 aliphatic carbocycles. The molecule has 14 heavy (non-hydrogen) atoms. The summed E-state index contributed by atoms with van der Waals surface area (Å²) in [7, 11) is 0. The topological polar surface area (TPSA) is 43.7 Å². The monoisotopic (exact) mass is 221 g/mol. The van der Waals surface area contributed by atoms with Gasteiger partial charge in [-0.1, -0.05) is 12.8 Å². The van der Waals surface area contributed by atoms with E-state index in [1.807, 2.05) is 0 Å². The number of thiol groups is 1. The Morgan fingerprint density at radius 2 is 1.36 bits per heavy atom. The Bertz CT molecular complexity index is 108. The van der Waals surface area contributed by atoms with Gasteiger partial charge < -0.3 is 10.2 Å². The smallest absolute Gasteiger partial charge is 0.0558 e. The summed E-state index contributed by atoms with van der Waals surface area (Å²) in [6.07, 6.45) is 4.78. The van der Waals surface area contributed by atoms with E-state index in [0.29, 0.717) is 13.1 Å². The molecule has 0 unspecified atom stereocenters. The van der Waals surface area contributed by atoms with Crippen LogP contribution in [0.15, 0.2) is 0 Å². The van der Waals surface area contributed by atoms with Crippen molar-refractivity contribution in [3.63, 3.8) is 0 Å². The molecular formula is C10H23NO2S. The summed E-state index contributed by atoms with van der Waals surface area (Å²) in [5.74, 6) is 0.969. The highest BCUT2D eigenvalue weighted by Gasteiger charge is 2.02. The fourth-order valence-electron chi connectivity index (χ4n) is 1.42. The van der Waals surface area contributed by atoms with Crippen LogP contribution in [-0.4, -0.2) is 53.7 Å². The minimum Gasteiger partial charge on any atom is -0.395 e. The molecule has 0 aromatic heterocycles. The van der Waals surface area contributed by atoms with Crippen LogP contribution < -0.4 is 0 Å². The van der Waals surface area contributed by atoms with Crippen LogP contribution in [0.3, 0.4) is 0 Å². The van der Waals surface area contributed by atoms with Crippen LogP contribution in [0.2, 0.25) is 0 Å². The van der Waals surface area contributed by atoms with Gasteiger partial charge in [-0.05, 0) is 25.1 Å². The third-order valence-electron chi connectivity index (χ3n) is 2.21. The van der Waals surface area contributed by atoms with Crippen LogP contribution >= 0.6 is 12.6 Å². The summed E-state index contributed by atoms with van der Waals surface area (Å²) in [5.41, 5.74) is 0. The highest BCUT2D eigenvalue weighted by atomic mass is 32.1. The van der Waals surface area contributed by atoms with Gasteiger partial charge in [0.2, 0.25) is 0 Å². The van der Waals surface area contributed by atoms with Gasteiger partial charge in [-0.15, -0.1) is 0 Å². The minimum atomic E-state index is 0.177. The first kappa shape index (κ1) is 14.2. The third kappa shape index (κ3) is 8.81. The van der Waals surface area contributed by atoms with Crippen molar-refractivity contribution in [2.75, 3.05) is 38.6 Å². The molecule has 0 saturated heterocycles. The zero-order valence-electron chi connectivity index (χ0n) is 8.86. The van der Waals surface area contributed by atoms with Crippen LogP contribution in [0, 0.1) is 0 Å². The maximum atomic E-state index is 8.77. The molecule has 0 fully saturated rings. The van der Waals surface area contributed by atoms with Gasteiger partial charge in [0.15, 0.2) is 0 Å². The number of hydrogen-bond acceptors (Lipinski definition) is 4. The summed E-state index contributed by atoms with van der Waals surface area (Å²) >= 11 is 4.15. The minimum absolute atomic E-state index is 0.177. The van der Waals surface area contributed by atoms with Crippen LogP contribution in [0.4, 0.5) is 0 Å². The zero-order valence-corrected chi connectivity index (χ0v) is 9.75. The van der Waals surface area contributed by atoms with Crippen molar-refractivity contribution in [1.82, 2.24) is 4.90 Å². The van der Waals surface area contributed by atoms with Crippen molar-refractivity contribution in [2.24, 2.45) is 0 Å². The second-order valence-corrected chi connectivity index (χ2v) is 3.87. The second-order valence-electron chi connectivity index (χ2n) is 3.43. The Morgan fingerprint density at radius 3 is 1.86 bits per heavy atom. The summed E-state index contributed by atoms with van der Waals surface area (Å²) < 4.78 is 0. The van der Waals surface area contributed by atoms with Crippen molar-refractivity contribution >= 4 is 12.6 Å². The predicted octanol–water partition coefficient (Wildman–Crippen LogP) is 0.763. The van der Waals surface area contributed by atoms with E-state index in [1.54, 1.807) is 0 Å². The summed E-state index contributed by atoms with van der Waals surface area (Å²) in [6.45, 7) is 2.68. The van der Waals surface area contributed by atoms with Crippen molar-refractivity contribution in [1.29, 1.82) is 0 Å². The fraction of sp³-hybridized carbons (Fsp3) is 1.00. The predicted molar refractivity (Wildman–Crippen MR) is 62.9 cm³/mol. The highest BCUT2D eigenvalue weighted by molar-refractivity contribution is 7.80. The van der Waals surface area contributed by atoms with E-state index in [-0.39, 0.29) is 13.2 Å². The van der Waals surface area contributed by atoms with Crippen molar-refractivity contribution in [3.8, 4) is 0 Å². The summed E-state index contributed by atoms with van der Waals surface area (Å²) in [5, 5.41) is 17.5. The molecule has 3 nitrogen and oxygen atoms in total. The molecule has 0 aromatic carbocycles. The Kier molecular flexibility index (Phi) is 11.5. The van der Waals surface area contributed by atoms with Gasteiger partial charge in [-0.25, -0.2) is 0 Å². The molecule has 0 heterocycles. The number of nitrogens with zero attached hydrogens (tertiary/aromatic N) is 1. The molecule has 0 radical (unpaired) electrons. The van der Waals surface area contributed by atoms with Gasteiger partial charge in [-0.2, -0.15) is 12.6 Å². The largest absolute Gasteiger partial charge is 0.395 e. The van der Waals surface area contributed by atoms with Crippen molar-refractivity contribution in [3.05, 3.63) is 0 Å². The van der Waals surface area contributed by atoms with E-state index in [9.17, 15) is 0 Å². The number of unbranched alkanes of at least 4 members (excludes halogenated alkanes) is 3. The second kappa shape index (κ2) is 11.3. The first-order valence-corrected chi connectivity index (χ1v) is 6.03. The quantitative estimate of drug-likeness (QED) is 0.377. The number of aliphatic hydroxyl groups is 2. The van der Waals surface area contributed by atoms with Crippen molar-refractivity contribution < 1.29 is 10.2 Å². The lowest BCUT2D eigenvalue weighted by atomic mass is 10.2. The lowest BCUT2D eigenvalue weighted by Crippen LogP contribution is -2.30. The first-order valence-electron chi connectivity index (χ1n) is 5.40. The molecule has 2 N–H and O–H groups in total. The molecule has 0 bridgehead atoms. The SMILES string of the molecule is OCCN(CCO)CCCCCCS. The van der Waals surface area contributed by atoms with Gasteiger partial charge in [-0.3, -0.25) is 4.90 Å². The Morgan fingerprint density at radius 1 is 0.786 bits per heavy atom. The average Bonchev–Trinajstić information content (AvgIpc) is 2.18. The highest BCUT2D eigenvalue weighted by Crippen LogP contribution is 2.02. The lowest BCUT2D eigenvalue weighted by molar-refractivity contribution is 0.159. The fourth-order valence-corrected chi connectivity index (χ4v) is 1.64. The van der Waals surface area contributed by atoms with E-state index < -0.39 is 0 Å². The van der Waals surface area contributed by atoms with E-state index in [1.165, 1.54) is 19.3 Å². The zero-order chi connectivity index (χ0) is 10.6. The normalized spacial score (nSPS) is 11.1. The molecule has 0 saturated carbocycles. The first-order chi connectivity index (χ1) is 6.85. The van der Waals surface area contributed by atoms with E-state index in [2.05, 4.69) is 17.5 Å². The maximum Gasteiger partial charge on any atom is 0.0558 e. The average molecular weight is 221 g/mol. The van der Waals surface area contributed by atoms with E-state index in [4.69, 9.17) is 10.2 Å². The number of aliphatic hydroxyl groups excluding tert-OH is 2. The Hall–Kier alpha value is 0.230. The third-order valence-corrected chi connectivity index (χ3v) is 2.53. The summed E-state index contributed by atoms with van der Waals surface area (Å²) in [4.78, 5) is 2.10. The molecule has 0 spiro atoms. The Labute approximate surface area is 92.5 Å². The molecule has 0 aliphatic rings. The Balaban J connectivity index is 3.30. The van der Waals surface area contributed by atoms with E-state index >= 15 is 0 Å². The summed E-state index contributed by atoms with van der Waals surface area (Å²) in [6, 6.07) is 0. The maximum absolute atomic E-state index is 8.77. The van der Waals surface area contributed by atoms with Gasteiger partial charge in [0.25, 0.3) is 0 Å². The van der Waals surface area contributed by atoms with Crippen LogP contribution in [0.25, 0.3) is 0 Å². The number of hydrogen-bond donors (Lipinski definition) is 3. The van der Waals surface area contributed by atoms with Gasteiger partial charge >= 0.3 is 0 Å². The molecular weight excluding hydrogens is 198 g/mol. The van der Waals surface area contributed by atoms with Gasteiger partial charge in [0.1, 0.15) is 0 Å². The molecule has 0 aliphatic heterocycles. The van der Waals surface area contributed by atoms with Crippen LogP contribution in [-0.2, 0) is 0 Å². The molecule has 4 heteroatoms. The van der Waals surface area contributed by atoms with Crippen molar-refractivity contribution in [2.45, 2.75) is 25.7 Å². The molecule has 0 rings (SSSR count).